The van der Waals surface area contributed by atoms with Gasteiger partial charge in [0.15, 0.2) is 11.9 Å². The molecule has 0 spiro atoms. The van der Waals surface area contributed by atoms with Gasteiger partial charge in [-0.15, -0.1) is 0 Å². The third-order valence-corrected chi connectivity index (χ3v) is 3.69. The van der Waals surface area contributed by atoms with Crippen molar-refractivity contribution in [2.45, 2.75) is 31.0 Å². The van der Waals surface area contributed by atoms with E-state index < -0.39 is 30.7 Å². The number of aliphatic hydroxyl groups excluding tert-OH is 2. The van der Waals surface area contributed by atoms with Gasteiger partial charge < -0.3 is 25.3 Å². The number of fused-ring (bicyclic) bond motifs is 1. The molecule has 3 heterocycles. The van der Waals surface area contributed by atoms with Gasteiger partial charge in [0.1, 0.15) is 30.0 Å². The molecule has 0 aliphatic carbocycles. The first kappa shape index (κ1) is 13.2. The molecule has 0 amide bonds. The van der Waals surface area contributed by atoms with Gasteiger partial charge in [-0.1, -0.05) is 0 Å². The predicted octanol–water partition coefficient (Wildman–Crippen LogP) is -0.00770. The highest BCUT2D eigenvalue weighted by molar-refractivity contribution is 5.86. The van der Waals surface area contributed by atoms with E-state index in [-0.39, 0.29) is 5.82 Å². The molecule has 20 heavy (non-hydrogen) atoms. The Morgan fingerprint density at radius 2 is 2.30 bits per heavy atom. The molecule has 2 unspecified atom stereocenters. The molecule has 3 rings (SSSR count). The number of aromatic nitrogens is 3. The van der Waals surface area contributed by atoms with Crippen molar-refractivity contribution >= 4 is 16.9 Å². The second kappa shape index (κ2) is 4.37. The maximum absolute atomic E-state index is 14.7. The number of ether oxygens (including phenoxy) is 1. The lowest BCUT2D eigenvalue weighted by Crippen LogP contribution is -2.40. The van der Waals surface area contributed by atoms with Crippen molar-refractivity contribution < 1.29 is 19.3 Å². The molecule has 0 radical (unpaired) electrons. The number of anilines is 1. The molecule has 4 N–H and O–H groups in total. The molecule has 0 bridgehead atoms. The summed E-state index contributed by atoms with van der Waals surface area (Å²) < 4.78 is 21.6. The number of nitrogen functional groups attached to an aromatic ring is 1. The zero-order valence-corrected chi connectivity index (χ0v) is 10.8. The first-order valence-electron chi connectivity index (χ1n) is 6.17. The average Bonchev–Trinajstić information content (AvgIpc) is 2.92. The summed E-state index contributed by atoms with van der Waals surface area (Å²) in [5.41, 5.74) is 4.09. The van der Waals surface area contributed by atoms with E-state index in [1.54, 1.807) is 12.3 Å². The summed E-state index contributed by atoms with van der Waals surface area (Å²) in [5.74, 6) is 0.284. The standard InChI is InChI=1S/C12H15FN4O3/c1-12(13)8(19)7(4-18)20-11(12)17-3-2-6-9(14)15-5-16-10(6)17/h2-3,5,7-8,11,18-19H,4H2,1H3,(H2,14,15,16)/t7?,8?,11-,12-/m1/s1. The maximum Gasteiger partial charge on any atom is 0.181 e. The van der Waals surface area contributed by atoms with Crippen molar-refractivity contribution in [3.05, 3.63) is 18.6 Å². The van der Waals surface area contributed by atoms with Gasteiger partial charge in [-0.3, -0.25) is 0 Å². The maximum atomic E-state index is 14.7. The Labute approximate surface area is 113 Å². The van der Waals surface area contributed by atoms with Gasteiger partial charge in [-0.2, -0.15) is 0 Å². The number of hydrogen-bond donors (Lipinski definition) is 3. The molecule has 2 aromatic rings. The zero-order chi connectivity index (χ0) is 14.5. The van der Waals surface area contributed by atoms with Gasteiger partial charge in [0.2, 0.25) is 0 Å². The summed E-state index contributed by atoms with van der Waals surface area (Å²) in [4.78, 5) is 7.93. The molecular formula is C12H15FN4O3. The van der Waals surface area contributed by atoms with Crippen LogP contribution in [0.4, 0.5) is 10.2 Å². The lowest BCUT2D eigenvalue weighted by Gasteiger charge is -2.25. The lowest BCUT2D eigenvalue weighted by atomic mass is 9.98. The van der Waals surface area contributed by atoms with Crippen molar-refractivity contribution in [1.82, 2.24) is 14.5 Å². The zero-order valence-electron chi connectivity index (χ0n) is 10.8. The lowest BCUT2D eigenvalue weighted by molar-refractivity contribution is -0.0564. The molecule has 8 heteroatoms. The van der Waals surface area contributed by atoms with Crippen molar-refractivity contribution in [3.8, 4) is 0 Å². The van der Waals surface area contributed by atoms with Crippen LogP contribution in [-0.2, 0) is 4.74 Å². The fraction of sp³-hybridized carbons (Fsp3) is 0.500. The van der Waals surface area contributed by atoms with Crippen LogP contribution in [0.1, 0.15) is 13.2 Å². The highest BCUT2D eigenvalue weighted by Crippen LogP contribution is 2.42. The molecule has 0 saturated carbocycles. The number of nitrogens with two attached hydrogens (primary N) is 1. The summed E-state index contributed by atoms with van der Waals surface area (Å²) in [7, 11) is 0. The Hall–Kier alpha value is -1.77. The number of rotatable bonds is 2. The Morgan fingerprint density at radius 1 is 1.55 bits per heavy atom. The molecule has 1 aliphatic heterocycles. The van der Waals surface area contributed by atoms with E-state index in [2.05, 4.69) is 9.97 Å². The SMILES string of the molecule is C[C@@]1(F)C(O)C(CO)O[C@H]1n1ccc2c(N)ncnc21. The van der Waals surface area contributed by atoms with Crippen molar-refractivity contribution in [3.63, 3.8) is 0 Å². The summed E-state index contributed by atoms with van der Waals surface area (Å²) >= 11 is 0. The normalized spacial score (nSPS) is 33.9. The first-order valence-corrected chi connectivity index (χ1v) is 6.17. The predicted molar refractivity (Wildman–Crippen MR) is 68.5 cm³/mol. The third-order valence-electron chi connectivity index (χ3n) is 3.69. The van der Waals surface area contributed by atoms with Crippen molar-refractivity contribution in [2.75, 3.05) is 12.3 Å². The summed E-state index contributed by atoms with van der Waals surface area (Å²) in [6.07, 6.45) is -0.647. The minimum atomic E-state index is -2.06. The fourth-order valence-electron chi connectivity index (χ4n) is 2.54. The van der Waals surface area contributed by atoms with Gasteiger partial charge in [0.25, 0.3) is 0 Å². The third kappa shape index (κ3) is 1.69. The molecule has 1 fully saturated rings. The Bertz CT molecular complexity index is 645. The van der Waals surface area contributed by atoms with Gasteiger partial charge in [-0.25, -0.2) is 14.4 Å². The van der Waals surface area contributed by atoms with E-state index in [1.165, 1.54) is 17.8 Å². The van der Waals surface area contributed by atoms with Gasteiger partial charge in [0, 0.05) is 6.20 Å². The van der Waals surface area contributed by atoms with Crippen LogP contribution in [0.5, 0.6) is 0 Å². The van der Waals surface area contributed by atoms with Crippen LogP contribution in [0.25, 0.3) is 11.0 Å². The van der Waals surface area contributed by atoms with E-state index in [4.69, 9.17) is 15.6 Å². The Morgan fingerprint density at radius 3 is 2.95 bits per heavy atom. The number of halogens is 1. The topological polar surface area (TPSA) is 106 Å². The molecule has 108 valence electrons. The number of alkyl halides is 1. The number of aliphatic hydroxyl groups is 2. The molecule has 4 atom stereocenters. The average molecular weight is 282 g/mol. The second-order valence-electron chi connectivity index (χ2n) is 5.02. The number of nitrogens with zero attached hydrogens (tertiary/aromatic N) is 3. The van der Waals surface area contributed by atoms with E-state index in [1.807, 2.05) is 0 Å². The molecule has 1 aliphatic rings. The van der Waals surface area contributed by atoms with Crippen LogP contribution >= 0.6 is 0 Å². The largest absolute Gasteiger partial charge is 0.394 e. The minimum absolute atomic E-state index is 0.284. The van der Waals surface area contributed by atoms with Gasteiger partial charge in [0.05, 0.1) is 12.0 Å². The van der Waals surface area contributed by atoms with E-state index >= 15 is 0 Å². The molecule has 0 aromatic carbocycles. The highest BCUT2D eigenvalue weighted by Gasteiger charge is 2.54. The highest BCUT2D eigenvalue weighted by atomic mass is 19.1. The van der Waals surface area contributed by atoms with Crippen LogP contribution in [0, 0.1) is 0 Å². The molecular weight excluding hydrogens is 267 g/mol. The van der Waals surface area contributed by atoms with Crippen LogP contribution in [0.2, 0.25) is 0 Å². The number of hydrogen-bond acceptors (Lipinski definition) is 6. The second-order valence-corrected chi connectivity index (χ2v) is 5.02. The molecule has 2 aromatic heterocycles. The first-order chi connectivity index (χ1) is 9.46. The Kier molecular flexibility index (Phi) is 2.89. The quantitative estimate of drug-likeness (QED) is 0.715. The summed E-state index contributed by atoms with van der Waals surface area (Å²) in [6, 6.07) is 1.66. The summed E-state index contributed by atoms with van der Waals surface area (Å²) in [6.45, 7) is 0.766. The van der Waals surface area contributed by atoms with Crippen LogP contribution < -0.4 is 5.73 Å². The monoisotopic (exact) mass is 282 g/mol. The molecule has 1 saturated heterocycles. The van der Waals surface area contributed by atoms with Crippen molar-refractivity contribution in [2.24, 2.45) is 0 Å². The fourth-order valence-corrected chi connectivity index (χ4v) is 2.54. The van der Waals surface area contributed by atoms with Crippen LogP contribution in [-0.4, -0.2) is 49.2 Å². The molecule has 7 nitrogen and oxygen atoms in total. The smallest absolute Gasteiger partial charge is 0.181 e. The Balaban J connectivity index is 2.10. The van der Waals surface area contributed by atoms with E-state index in [0.717, 1.165) is 0 Å². The minimum Gasteiger partial charge on any atom is -0.394 e. The van der Waals surface area contributed by atoms with Gasteiger partial charge in [-0.05, 0) is 13.0 Å². The van der Waals surface area contributed by atoms with E-state index in [0.29, 0.717) is 11.0 Å². The van der Waals surface area contributed by atoms with Crippen LogP contribution in [0.15, 0.2) is 18.6 Å². The van der Waals surface area contributed by atoms with E-state index in [9.17, 15) is 9.50 Å². The van der Waals surface area contributed by atoms with Gasteiger partial charge >= 0.3 is 0 Å². The van der Waals surface area contributed by atoms with Crippen molar-refractivity contribution in [1.29, 1.82) is 0 Å². The van der Waals surface area contributed by atoms with Crippen LogP contribution in [0.3, 0.4) is 0 Å². The summed E-state index contributed by atoms with van der Waals surface area (Å²) in [5, 5.41) is 19.6.